The maximum atomic E-state index is 11.1. The first-order valence-electron chi connectivity index (χ1n) is 4.73. The van der Waals surface area contributed by atoms with Crippen molar-refractivity contribution in [2.24, 2.45) is 0 Å². The monoisotopic (exact) mass is 250 g/mol. The molecule has 3 nitrogen and oxygen atoms in total. The van der Waals surface area contributed by atoms with E-state index in [0.29, 0.717) is 3.95 Å². The first kappa shape index (κ1) is 11.0. The molecule has 0 saturated heterocycles. The van der Waals surface area contributed by atoms with Crippen LogP contribution in [-0.4, -0.2) is 10.9 Å². The Balaban J connectivity index is 2.48. The summed E-state index contributed by atoms with van der Waals surface area (Å²) in [6, 6.07) is 9.78. The summed E-state index contributed by atoms with van der Waals surface area (Å²) in [5.74, 6) is -0.0950. The number of carbonyl (C=O) groups excluding carboxylic acids is 1. The van der Waals surface area contributed by atoms with E-state index in [1.165, 1.54) is 18.3 Å². The molecule has 2 N–H and O–H groups in total. The van der Waals surface area contributed by atoms with Crippen LogP contribution in [0.25, 0.3) is 11.3 Å². The van der Waals surface area contributed by atoms with Gasteiger partial charge in [0, 0.05) is 12.5 Å². The second kappa shape index (κ2) is 4.59. The van der Waals surface area contributed by atoms with Crippen LogP contribution in [0.2, 0.25) is 0 Å². The Kier molecular flexibility index (Phi) is 3.17. The molecular formula is C11H10N2OS2. The minimum atomic E-state index is -0.0950. The first-order chi connectivity index (χ1) is 7.66. The zero-order valence-electron chi connectivity index (χ0n) is 8.61. The Morgan fingerprint density at radius 1 is 1.38 bits per heavy atom. The molecule has 0 saturated carbocycles. The smallest absolute Gasteiger partial charge is 0.221 e. The van der Waals surface area contributed by atoms with Gasteiger partial charge in [-0.15, -0.1) is 0 Å². The van der Waals surface area contributed by atoms with E-state index in [4.69, 9.17) is 12.2 Å². The highest BCUT2D eigenvalue weighted by molar-refractivity contribution is 7.73. The molecule has 0 fully saturated rings. The minimum absolute atomic E-state index is 0.0950. The number of rotatable bonds is 2. The number of amides is 1. The predicted molar refractivity (Wildman–Crippen MR) is 69.2 cm³/mol. The van der Waals surface area contributed by atoms with E-state index in [1.807, 2.05) is 30.3 Å². The quantitative estimate of drug-likeness (QED) is 0.802. The van der Waals surface area contributed by atoms with Crippen molar-refractivity contribution >= 4 is 34.5 Å². The number of anilines is 1. The average molecular weight is 250 g/mol. The van der Waals surface area contributed by atoms with E-state index >= 15 is 0 Å². The van der Waals surface area contributed by atoms with E-state index in [1.54, 1.807) is 0 Å². The SMILES string of the molecule is CC(=O)Nc1sc(=S)[nH]c1-c1ccccc1. The number of hydrogen-bond acceptors (Lipinski definition) is 3. The molecule has 0 radical (unpaired) electrons. The van der Waals surface area contributed by atoms with Crippen molar-refractivity contribution in [3.8, 4) is 11.3 Å². The molecule has 1 aromatic carbocycles. The third kappa shape index (κ3) is 2.37. The van der Waals surface area contributed by atoms with E-state index in [0.717, 1.165) is 16.3 Å². The Bertz CT molecular complexity index is 557. The third-order valence-electron chi connectivity index (χ3n) is 2.00. The van der Waals surface area contributed by atoms with Gasteiger partial charge in [-0.3, -0.25) is 4.79 Å². The van der Waals surface area contributed by atoms with E-state index in [2.05, 4.69) is 10.3 Å². The Morgan fingerprint density at radius 3 is 2.69 bits per heavy atom. The molecule has 0 aliphatic carbocycles. The summed E-state index contributed by atoms with van der Waals surface area (Å²) < 4.78 is 0.655. The van der Waals surface area contributed by atoms with E-state index in [9.17, 15) is 4.79 Å². The van der Waals surface area contributed by atoms with Gasteiger partial charge in [-0.05, 0) is 12.2 Å². The summed E-state index contributed by atoms with van der Waals surface area (Å²) in [6.45, 7) is 1.48. The summed E-state index contributed by atoms with van der Waals surface area (Å²) in [4.78, 5) is 14.1. The van der Waals surface area contributed by atoms with E-state index in [-0.39, 0.29) is 5.91 Å². The second-order valence-electron chi connectivity index (χ2n) is 3.27. The zero-order chi connectivity index (χ0) is 11.5. The molecule has 1 amide bonds. The maximum Gasteiger partial charge on any atom is 0.221 e. The molecule has 82 valence electrons. The fraction of sp³-hybridized carbons (Fsp3) is 0.0909. The van der Waals surface area contributed by atoms with Gasteiger partial charge in [-0.25, -0.2) is 0 Å². The molecule has 1 aromatic heterocycles. The Labute approximate surface area is 102 Å². The summed E-state index contributed by atoms with van der Waals surface area (Å²) in [5.41, 5.74) is 1.88. The van der Waals surface area contributed by atoms with Crippen molar-refractivity contribution in [3.63, 3.8) is 0 Å². The number of carbonyl (C=O) groups is 1. The third-order valence-corrected chi connectivity index (χ3v) is 3.15. The minimum Gasteiger partial charge on any atom is -0.335 e. The van der Waals surface area contributed by atoms with Crippen molar-refractivity contribution < 1.29 is 4.79 Å². The van der Waals surface area contributed by atoms with Crippen LogP contribution in [0.1, 0.15) is 6.92 Å². The number of thiazole rings is 1. The lowest BCUT2D eigenvalue weighted by molar-refractivity contribution is -0.114. The van der Waals surface area contributed by atoms with Gasteiger partial charge in [-0.1, -0.05) is 41.7 Å². The van der Waals surface area contributed by atoms with Crippen LogP contribution in [0.4, 0.5) is 5.00 Å². The molecule has 5 heteroatoms. The molecule has 2 rings (SSSR count). The molecule has 0 aliphatic rings. The van der Waals surface area contributed by atoms with Gasteiger partial charge in [0.25, 0.3) is 0 Å². The summed E-state index contributed by atoms with van der Waals surface area (Å²) in [6.07, 6.45) is 0. The fourth-order valence-corrected chi connectivity index (χ4v) is 2.54. The van der Waals surface area contributed by atoms with Crippen LogP contribution in [0.3, 0.4) is 0 Å². The second-order valence-corrected chi connectivity index (χ2v) is 4.95. The van der Waals surface area contributed by atoms with Crippen LogP contribution in [-0.2, 0) is 4.79 Å². The zero-order valence-corrected chi connectivity index (χ0v) is 10.2. The lowest BCUT2D eigenvalue weighted by Gasteiger charge is -2.02. The fourth-order valence-electron chi connectivity index (χ4n) is 1.38. The molecule has 0 bridgehead atoms. The van der Waals surface area contributed by atoms with Gasteiger partial charge < -0.3 is 10.3 Å². The molecule has 1 heterocycles. The van der Waals surface area contributed by atoms with Crippen LogP contribution in [0.5, 0.6) is 0 Å². The van der Waals surface area contributed by atoms with Crippen molar-refractivity contribution in [2.75, 3.05) is 5.32 Å². The van der Waals surface area contributed by atoms with Crippen molar-refractivity contribution in [1.29, 1.82) is 0 Å². The lowest BCUT2D eigenvalue weighted by Crippen LogP contribution is -2.05. The molecule has 16 heavy (non-hydrogen) atoms. The first-order valence-corrected chi connectivity index (χ1v) is 5.95. The summed E-state index contributed by atoms with van der Waals surface area (Å²) in [5, 5.41) is 3.54. The average Bonchev–Trinajstić information content (AvgIpc) is 2.60. The van der Waals surface area contributed by atoms with Crippen LogP contribution in [0, 0.1) is 3.95 Å². The van der Waals surface area contributed by atoms with Gasteiger partial charge in [0.15, 0.2) is 3.95 Å². The van der Waals surface area contributed by atoms with Gasteiger partial charge in [0.1, 0.15) is 5.00 Å². The molecule has 2 aromatic rings. The van der Waals surface area contributed by atoms with Crippen molar-refractivity contribution in [1.82, 2.24) is 4.98 Å². The van der Waals surface area contributed by atoms with Crippen molar-refractivity contribution in [3.05, 3.63) is 34.3 Å². The van der Waals surface area contributed by atoms with Crippen LogP contribution < -0.4 is 5.32 Å². The number of H-pyrrole nitrogens is 1. The highest BCUT2D eigenvalue weighted by Gasteiger charge is 2.09. The highest BCUT2D eigenvalue weighted by Crippen LogP contribution is 2.31. The molecule has 0 aliphatic heterocycles. The molecule has 0 spiro atoms. The number of aromatic amines is 1. The van der Waals surface area contributed by atoms with E-state index < -0.39 is 0 Å². The number of aromatic nitrogens is 1. The largest absolute Gasteiger partial charge is 0.335 e. The van der Waals surface area contributed by atoms with Gasteiger partial charge >= 0.3 is 0 Å². The lowest BCUT2D eigenvalue weighted by atomic mass is 10.2. The van der Waals surface area contributed by atoms with Gasteiger partial charge in [0.2, 0.25) is 5.91 Å². The Morgan fingerprint density at radius 2 is 2.06 bits per heavy atom. The van der Waals surface area contributed by atoms with Crippen LogP contribution in [0.15, 0.2) is 30.3 Å². The highest BCUT2D eigenvalue weighted by atomic mass is 32.1. The maximum absolute atomic E-state index is 11.1. The van der Waals surface area contributed by atoms with Gasteiger partial charge in [-0.2, -0.15) is 0 Å². The van der Waals surface area contributed by atoms with Crippen molar-refractivity contribution in [2.45, 2.75) is 6.92 Å². The molecular weight excluding hydrogens is 240 g/mol. The number of hydrogen-bond donors (Lipinski definition) is 2. The van der Waals surface area contributed by atoms with Gasteiger partial charge in [0.05, 0.1) is 5.69 Å². The number of benzene rings is 1. The predicted octanol–water partition coefficient (Wildman–Crippen LogP) is 3.43. The normalized spacial score (nSPS) is 10.1. The molecule has 0 atom stereocenters. The van der Waals surface area contributed by atoms with Crippen LogP contribution >= 0.6 is 23.6 Å². The summed E-state index contributed by atoms with van der Waals surface area (Å²) in [7, 11) is 0. The Hall–Kier alpha value is -1.46. The topological polar surface area (TPSA) is 44.9 Å². The number of nitrogens with one attached hydrogen (secondary N) is 2. The standard InChI is InChI=1S/C11H10N2OS2/c1-7(14)12-10-9(13-11(15)16-10)8-5-3-2-4-6-8/h2-6H,1H3,(H,12,14)(H,13,15). The molecule has 0 unspecified atom stereocenters. The summed E-state index contributed by atoms with van der Waals surface area (Å²) >= 11 is 6.45.